The molecule has 1 N–H and O–H groups in total. The van der Waals surface area contributed by atoms with Crippen molar-refractivity contribution in [1.82, 2.24) is 4.57 Å². The van der Waals surface area contributed by atoms with Gasteiger partial charge in [-0.15, -0.1) is 11.3 Å². The maximum absolute atomic E-state index is 4.08. The van der Waals surface area contributed by atoms with Crippen LogP contribution in [0.4, 0.5) is 28.4 Å². The van der Waals surface area contributed by atoms with E-state index in [9.17, 15) is 0 Å². The Morgan fingerprint density at radius 2 is 1.21 bits per heavy atom. The van der Waals surface area contributed by atoms with Crippen LogP contribution in [0.1, 0.15) is 115 Å². The van der Waals surface area contributed by atoms with Crippen molar-refractivity contribution in [2.24, 2.45) is 0 Å². The molecule has 0 amide bonds. The number of anilines is 5. The van der Waals surface area contributed by atoms with Gasteiger partial charge in [-0.05, 0) is 161 Å². The van der Waals surface area contributed by atoms with E-state index in [0.717, 1.165) is 42.9 Å². The van der Waals surface area contributed by atoms with Crippen molar-refractivity contribution >= 4 is 100.0 Å². The van der Waals surface area contributed by atoms with Crippen LogP contribution < -0.4 is 21.1 Å². The summed E-state index contributed by atoms with van der Waals surface area (Å²) in [6.07, 6.45) is 12.0. The van der Waals surface area contributed by atoms with Crippen molar-refractivity contribution in [3.05, 3.63) is 180 Å². The Balaban J connectivity index is 1.21. The second-order valence-electron chi connectivity index (χ2n) is 22.0. The van der Waals surface area contributed by atoms with Crippen LogP contribution in [0.5, 0.6) is 0 Å². The van der Waals surface area contributed by atoms with E-state index in [1.54, 1.807) is 0 Å². The van der Waals surface area contributed by atoms with Gasteiger partial charge in [0.1, 0.15) is 0 Å². The Morgan fingerprint density at radius 1 is 0.577 bits per heavy atom. The smallest absolute Gasteiger partial charge is 0.198 e. The van der Waals surface area contributed by atoms with Gasteiger partial charge >= 0.3 is 0 Å². The minimum absolute atomic E-state index is 0.0500. The molecule has 10 aromatic rings. The molecule has 12 rings (SSSR count). The maximum Gasteiger partial charge on any atom is 0.198 e. The molecule has 2 aliphatic rings. The van der Waals surface area contributed by atoms with E-state index in [1.807, 2.05) is 11.3 Å². The molecule has 0 fully saturated rings. The normalized spacial score (nSPS) is 14.5. The van der Waals surface area contributed by atoms with Gasteiger partial charge in [0.2, 0.25) is 0 Å². The van der Waals surface area contributed by atoms with Crippen LogP contribution in [0.25, 0.3) is 58.8 Å². The molecular formula is C66H66BN3S. The predicted octanol–water partition coefficient (Wildman–Crippen LogP) is 17.5. The largest absolute Gasteiger partial charge is 0.355 e. The van der Waals surface area contributed by atoms with Gasteiger partial charge in [0.05, 0.1) is 16.7 Å². The first kappa shape index (κ1) is 45.6. The zero-order chi connectivity index (χ0) is 48.4. The van der Waals surface area contributed by atoms with Gasteiger partial charge < -0.3 is 14.8 Å². The summed E-state index contributed by atoms with van der Waals surface area (Å²) in [5.74, 6) is 0. The number of hydrogen-bond donors (Lipinski definition) is 1. The number of fused-ring (bicyclic) bond motifs is 9. The third-order valence-corrected chi connectivity index (χ3v) is 17.4. The van der Waals surface area contributed by atoms with Crippen LogP contribution in [-0.4, -0.2) is 11.8 Å². The van der Waals surface area contributed by atoms with E-state index in [-0.39, 0.29) is 10.8 Å². The van der Waals surface area contributed by atoms with Gasteiger partial charge in [0.15, 0.2) is 7.28 Å². The van der Waals surface area contributed by atoms with E-state index < -0.39 is 0 Å². The zero-order valence-electron chi connectivity index (χ0n) is 42.6. The molecule has 5 heteroatoms. The molecule has 354 valence electrons. The van der Waals surface area contributed by atoms with Gasteiger partial charge in [-0.3, -0.25) is 0 Å². The molecule has 1 aliphatic carbocycles. The third kappa shape index (κ3) is 8.06. The summed E-state index contributed by atoms with van der Waals surface area (Å²) in [5, 5.41) is 9.34. The van der Waals surface area contributed by atoms with Gasteiger partial charge in [-0.2, -0.15) is 0 Å². The summed E-state index contributed by atoms with van der Waals surface area (Å²) >= 11 is 1.91. The highest BCUT2D eigenvalue weighted by molar-refractivity contribution is 7.25. The lowest BCUT2D eigenvalue weighted by Crippen LogP contribution is -2.38. The van der Waals surface area contributed by atoms with Gasteiger partial charge in [0.25, 0.3) is 0 Å². The summed E-state index contributed by atoms with van der Waals surface area (Å²) < 4.78 is 5.33. The molecule has 0 radical (unpaired) electrons. The summed E-state index contributed by atoms with van der Waals surface area (Å²) in [7, 11) is 0.850. The van der Waals surface area contributed by atoms with Gasteiger partial charge in [-0.25, -0.2) is 0 Å². The fraction of sp³-hybridized carbons (Fsp3) is 0.273. The number of nitrogens with one attached hydrogen (secondary N) is 1. The van der Waals surface area contributed by atoms with Crippen molar-refractivity contribution in [3.8, 4) is 16.8 Å². The summed E-state index contributed by atoms with van der Waals surface area (Å²) in [6.45, 7) is 14.5. The summed E-state index contributed by atoms with van der Waals surface area (Å²) in [6, 6.07) is 60.6. The number of aromatic nitrogens is 1. The van der Waals surface area contributed by atoms with Gasteiger partial charge in [0, 0.05) is 64.9 Å². The molecule has 0 unspecified atom stereocenters. The number of unbranched alkanes of at least 4 members (excludes halogenated alkanes) is 4. The van der Waals surface area contributed by atoms with Crippen LogP contribution in [0.2, 0.25) is 0 Å². The molecule has 0 saturated heterocycles. The highest BCUT2D eigenvalue weighted by Crippen LogP contribution is 2.52. The number of hydrogen-bond acceptors (Lipinski definition) is 3. The topological polar surface area (TPSA) is 20.2 Å². The summed E-state index contributed by atoms with van der Waals surface area (Å²) in [5.41, 5.74) is 20.9. The fourth-order valence-corrected chi connectivity index (χ4v) is 13.4. The van der Waals surface area contributed by atoms with Crippen molar-refractivity contribution in [2.75, 3.05) is 10.2 Å². The SMILES string of the molecule is CCCCCc1ccc(Nc2cc3c(cc2-c2cc(N(c4ccccc4)c4ccccc4)c4c5cc6c(cc5n5c4c2Bc2cc(CCCCC)ccc2-5)C(C)(C)CCC6(C)C)sc2ccccc23)cc1. The molecule has 8 aromatic carbocycles. The molecule has 0 saturated carbocycles. The lowest BCUT2D eigenvalue weighted by atomic mass is 9.58. The minimum Gasteiger partial charge on any atom is -0.355 e. The van der Waals surface area contributed by atoms with E-state index in [0.29, 0.717) is 0 Å². The molecular weight excluding hydrogens is 878 g/mol. The number of para-hydroxylation sites is 2. The first-order valence-corrected chi connectivity index (χ1v) is 27.4. The lowest BCUT2D eigenvalue weighted by molar-refractivity contribution is 0.332. The molecule has 0 bridgehead atoms. The van der Waals surface area contributed by atoms with Crippen molar-refractivity contribution in [1.29, 1.82) is 0 Å². The molecule has 2 aromatic heterocycles. The Hall–Kier alpha value is -6.56. The minimum atomic E-state index is 0.0500. The van der Waals surface area contributed by atoms with Crippen molar-refractivity contribution < 1.29 is 0 Å². The summed E-state index contributed by atoms with van der Waals surface area (Å²) in [4.78, 5) is 2.54. The second-order valence-corrected chi connectivity index (χ2v) is 23.1. The van der Waals surface area contributed by atoms with Crippen LogP contribution >= 0.6 is 11.3 Å². The average Bonchev–Trinajstić information content (AvgIpc) is 3.93. The molecule has 0 atom stereocenters. The molecule has 3 nitrogen and oxygen atoms in total. The maximum atomic E-state index is 4.08. The molecule has 1 aliphatic heterocycles. The number of thiophene rings is 1. The molecule has 71 heavy (non-hydrogen) atoms. The fourth-order valence-electron chi connectivity index (χ4n) is 12.3. The van der Waals surface area contributed by atoms with Crippen LogP contribution in [0.15, 0.2) is 158 Å². The Labute approximate surface area is 425 Å². The first-order chi connectivity index (χ1) is 34.6. The van der Waals surface area contributed by atoms with Crippen molar-refractivity contribution in [3.63, 3.8) is 0 Å². The Kier molecular flexibility index (Phi) is 11.7. The van der Waals surface area contributed by atoms with Crippen molar-refractivity contribution in [2.45, 2.75) is 117 Å². The first-order valence-electron chi connectivity index (χ1n) is 26.6. The number of benzene rings is 8. The monoisotopic (exact) mass is 944 g/mol. The van der Waals surface area contributed by atoms with Crippen LogP contribution in [-0.2, 0) is 23.7 Å². The zero-order valence-corrected chi connectivity index (χ0v) is 43.4. The predicted molar refractivity (Wildman–Crippen MR) is 312 cm³/mol. The number of rotatable bonds is 14. The molecule has 0 spiro atoms. The van der Waals surface area contributed by atoms with E-state index in [2.05, 4.69) is 214 Å². The van der Waals surface area contributed by atoms with E-state index >= 15 is 0 Å². The van der Waals surface area contributed by atoms with E-state index in [4.69, 9.17) is 0 Å². The standard InChI is InChI=1S/C66H66BN3S/c1-7-9-13-21-43-29-32-45(33-30-43)68-56-39-50-48-27-19-20-28-60(48)71-61(50)41-49(56)51-40-59(69(46-23-15-11-16-24-46)47-25-17-12-18-26-47)62-52-38-53-54(66(5,6)36-35-65(53,3)4)42-58(52)70-57-34-31-44(22-14-10-8-2)37-55(57)67-63(51)64(62)70/h11-12,15-20,23-34,37-42,67-68H,7-10,13-14,21-22,35-36H2,1-6H3. The quantitative estimate of drug-likeness (QED) is 0.0866. The highest BCUT2D eigenvalue weighted by Gasteiger charge is 2.39. The van der Waals surface area contributed by atoms with Crippen LogP contribution in [0.3, 0.4) is 0 Å². The third-order valence-electron chi connectivity index (χ3n) is 16.3. The Bertz CT molecular complexity index is 3580. The highest BCUT2D eigenvalue weighted by atomic mass is 32.1. The van der Waals surface area contributed by atoms with Crippen LogP contribution in [0, 0.1) is 0 Å². The number of nitrogens with zero attached hydrogens (tertiary/aromatic N) is 2. The van der Waals surface area contributed by atoms with Gasteiger partial charge in [-0.1, -0.05) is 152 Å². The lowest BCUT2D eigenvalue weighted by Gasteiger charge is -2.42. The average molecular weight is 944 g/mol. The Morgan fingerprint density at radius 3 is 1.90 bits per heavy atom. The van der Waals surface area contributed by atoms with E-state index in [1.165, 1.54) is 149 Å². The molecule has 3 heterocycles. The second kappa shape index (κ2) is 18.2. The number of aryl methyl sites for hydroxylation is 2.